The van der Waals surface area contributed by atoms with E-state index in [2.05, 4.69) is 0 Å². The molecule has 0 aromatic rings. The number of nitrogens with zero attached hydrogens (tertiary/aromatic N) is 2. The van der Waals surface area contributed by atoms with Crippen LogP contribution in [0, 0.1) is 0 Å². The van der Waals surface area contributed by atoms with Gasteiger partial charge in [-0.2, -0.15) is 0 Å². The van der Waals surface area contributed by atoms with Crippen LogP contribution in [0.3, 0.4) is 0 Å². The van der Waals surface area contributed by atoms with Gasteiger partial charge in [0.15, 0.2) is 0 Å². The van der Waals surface area contributed by atoms with Gasteiger partial charge in [-0.25, -0.2) is 4.79 Å². The van der Waals surface area contributed by atoms with E-state index in [4.69, 9.17) is 10.5 Å². The van der Waals surface area contributed by atoms with Crippen LogP contribution in [0.1, 0.15) is 33.6 Å². The molecule has 0 bridgehead atoms. The zero-order valence-corrected chi connectivity index (χ0v) is 13.2. The average Bonchev–Trinajstić information content (AvgIpc) is 2.83. The number of β-lactam (4-membered cyclic amide) rings is 1. The molecule has 0 aromatic carbocycles. The number of rotatable bonds is 3. The van der Waals surface area contributed by atoms with Gasteiger partial charge in [-0.3, -0.25) is 14.5 Å². The molecule has 2 heterocycles. The van der Waals surface area contributed by atoms with Gasteiger partial charge in [0, 0.05) is 6.54 Å². The Morgan fingerprint density at radius 1 is 1.45 bits per heavy atom. The van der Waals surface area contributed by atoms with Gasteiger partial charge < -0.3 is 20.5 Å². The second-order valence-corrected chi connectivity index (χ2v) is 6.80. The number of primary amides is 1. The van der Waals surface area contributed by atoms with Crippen molar-refractivity contribution in [3.8, 4) is 0 Å². The van der Waals surface area contributed by atoms with Crippen LogP contribution >= 0.6 is 0 Å². The number of nitrogens with two attached hydrogens (primary N) is 1. The van der Waals surface area contributed by atoms with Crippen LogP contribution < -0.4 is 5.73 Å². The van der Waals surface area contributed by atoms with Gasteiger partial charge >= 0.3 is 6.09 Å². The standard InChI is InChI=1S/C14H23N3O5/c1-13(2,3)22-12(21)17-6-4-5-14(17)8-16(11(14)20)9(7-18)10(15)19/h9,18H,4-8H2,1-3H3,(H2,15,19)/t9-,14-/m0/s1. The molecule has 1 spiro atoms. The summed E-state index contributed by atoms with van der Waals surface area (Å²) in [6.07, 6.45) is 0.690. The van der Waals surface area contributed by atoms with Crippen LogP contribution in [0.2, 0.25) is 0 Å². The molecule has 0 radical (unpaired) electrons. The topological polar surface area (TPSA) is 113 Å². The smallest absolute Gasteiger partial charge is 0.411 e. The van der Waals surface area contributed by atoms with E-state index in [1.807, 2.05) is 0 Å². The number of amides is 3. The van der Waals surface area contributed by atoms with Crippen molar-refractivity contribution >= 4 is 17.9 Å². The largest absolute Gasteiger partial charge is 0.444 e. The highest BCUT2D eigenvalue weighted by atomic mass is 16.6. The Hall–Kier alpha value is -1.83. The van der Waals surface area contributed by atoms with E-state index >= 15 is 0 Å². The maximum absolute atomic E-state index is 12.5. The fourth-order valence-corrected chi connectivity index (χ4v) is 3.04. The number of hydrogen-bond donors (Lipinski definition) is 2. The van der Waals surface area contributed by atoms with Crippen LogP contribution in [-0.2, 0) is 14.3 Å². The molecule has 2 atom stereocenters. The quantitative estimate of drug-likeness (QED) is 0.678. The number of carbonyl (C=O) groups is 3. The van der Waals surface area contributed by atoms with E-state index in [1.54, 1.807) is 20.8 Å². The molecule has 2 fully saturated rings. The molecular formula is C14H23N3O5. The van der Waals surface area contributed by atoms with Gasteiger partial charge in [0.05, 0.1) is 13.2 Å². The number of hydrogen-bond acceptors (Lipinski definition) is 5. The van der Waals surface area contributed by atoms with Gasteiger partial charge in [-0.05, 0) is 33.6 Å². The third-order valence-electron chi connectivity index (χ3n) is 4.07. The Bertz CT molecular complexity index is 501. The minimum absolute atomic E-state index is 0.194. The van der Waals surface area contributed by atoms with Crippen molar-refractivity contribution in [1.82, 2.24) is 9.80 Å². The van der Waals surface area contributed by atoms with E-state index in [1.165, 1.54) is 9.80 Å². The molecule has 0 saturated carbocycles. The van der Waals surface area contributed by atoms with Crippen LogP contribution in [0.4, 0.5) is 4.79 Å². The average molecular weight is 313 g/mol. The molecule has 124 valence electrons. The molecule has 2 saturated heterocycles. The number of ether oxygens (including phenoxy) is 1. The van der Waals surface area contributed by atoms with Gasteiger partial charge in [0.1, 0.15) is 17.2 Å². The Morgan fingerprint density at radius 2 is 2.09 bits per heavy atom. The van der Waals surface area contributed by atoms with Crippen molar-refractivity contribution in [2.24, 2.45) is 5.73 Å². The van der Waals surface area contributed by atoms with Crippen LogP contribution in [0.5, 0.6) is 0 Å². The van der Waals surface area contributed by atoms with Crippen molar-refractivity contribution in [3.63, 3.8) is 0 Å². The fourth-order valence-electron chi connectivity index (χ4n) is 3.04. The molecule has 3 N–H and O–H groups in total. The minimum atomic E-state index is -1.04. The Morgan fingerprint density at radius 3 is 2.55 bits per heavy atom. The first-order chi connectivity index (χ1) is 10.1. The van der Waals surface area contributed by atoms with E-state index in [-0.39, 0.29) is 12.5 Å². The fraction of sp³-hybridized carbons (Fsp3) is 0.786. The predicted octanol–water partition coefficient (Wildman–Crippen LogP) is -0.555. The Labute approximate surface area is 129 Å². The Kier molecular flexibility index (Phi) is 4.08. The first kappa shape index (κ1) is 16.5. The van der Waals surface area contributed by atoms with Gasteiger partial charge in [0.25, 0.3) is 5.91 Å². The third-order valence-corrected chi connectivity index (χ3v) is 4.07. The van der Waals surface area contributed by atoms with Crippen molar-refractivity contribution in [2.75, 3.05) is 19.7 Å². The van der Waals surface area contributed by atoms with E-state index in [0.717, 1.165) is 0 Å². The predicted molar refractivity (Wildman–Crippen MR) is 76.7 cm³/mol. The summed E-state index contributed by atoms with van der Waals surface area (Å²) in [5.41, 5.74) is 3.59. The number of carbonyl (C=O) groups excluding carboxylic acids is 3. The molecule has 2 aliphatic rings. The highest BCUT2D eigenvalue weighted by molar-refractivity contribution is 5.99. The molecule has 8 nitrogen and oxygen atoms in total. The molecule has 0 aliphatic carbocycles. The van der Waals surface area contributed by atoms with Crippen LogP contribution in [0.15, 0.2) is 0 Å². The summed E-state index contributed by atoms with van der Waals surface area (Å²) in [7, 11) is 0. The number of likely N-dealkylation sites (tertiary alicyclic amines) is 2. The minimum Gasteiger partial charge on any atom is -0.444 e. The van der Waals surface area contributed by atoms with Crippen LogP contribution in [-0.4, -0.2) is 69.7 Å². The summed E-state index contributed by atoms with van der Waals surface area (Å²) in [6.45, 7) is 5.39. The van der Waals surface area contributed by atoms with E-state index < -0.39 is 35.8 Å². The van der Waals surface area contributed by atoms with E-state index in [9.17, 15) is 19.5 Å². The second-order valence-electron chi connectivity index (χ2n) is 6.80. The normalized spacial score (nSPS) is 26.1. The number of aliphatic hydroxyl groups is 1. The molecule has 2 aliphatic heterocycles. The highest BCUT2D eigenvalue weighted by Gasteiger charge is 2.62. The molecular weight excluding hydrogens is 290 g/mol. The lowest BCUT2D eigenvalue weighted by molar-refractivity contribution is -0.168. The molecule has 3 amide bonds. The summed E-state index contributed by atoms with van der Waals surface area (Å²) in [4.78, 5) is 38.8. The number of aliphatic hydroxyl groups excluding tert-OH is 1. The molecule has 2 rings (SSSR count). The van der Waals surface area contributed by atoms with Gasteiger partial charge in [0.2, 0.25) is 5.91 Å². The molecule has 0 unspecified atom stereocenters. The lowest BCUT2D eigenvalue weighted by Gasteiger charge is -2.52. The molecule has 8 heteroatoms. The Balaban J connectivity index is 2.13. The second kappa shape index (κ2) is 5.42. The first-order valence-electron chi connectivity index (χ1n) is 7.34. The van der Waals surface area contributed by atoms with Gasteiger partial charge in [-0.1, -0.05) is 0 Å². The van der Waals surface area contributed by atoms with Gasteiger partial charge in [-0.15, -0.1) is 0 Å². The molecule has 0 aromatic heterocycles. The summed E-state index contributed by atoms with van der Waals surface area (Å²) >= 11 is 0. The van der Waals surface area contributed by atoms with Crippen LogP contribution in [0.25, 0.3) is 0 Å². The monoisotopic (exact) mass is 313 g/mol. The lowest BCUT2D eigenvalue weighted by Crippen LogP contribution is -2.76. The molecule has 22 heavy (non-hydrogen) atoms. The third kappa shape index (κ3) is 2.63. The first-order valence-corrected chi connectivity index (χ1v) is 7.34. The van der Waals surface area contributed by atoms with Crippen molar-refractivity contribution in [2.45, 2.75) is 50.8 Å². The zero-order chi connectivity index (χ0) is 16.7. The summed E-state index contributed by atoms with van der Waals surface area (Å²) in [5.74, 6) is -1.11. The summed E-state index contributed by atoms with van der Waals surface area (Å²) in [6, 6.07) is -1.04. The highest BCUT2D eigenvalue weighted by Crippen LogP contribution is 2.40. The summed E-state index contributed by atoms with van der Waals surface area (Å²) < 4.78 is 5.35. The van der Waals surface area contributed by atoms with Crippen molar-refractivity contribution < 1.29 is 24.2 Å². The maximum atomic E-state index is 12.5. The van der Waals surface area contributed by atoms with Crippen molar-refractivity contribution in [1.29, 1.82) is 0 Å². The van der Waals surface area contributed by atoms with E-state index in [0.29, 0.717) is 19.4 Å². The van der Waals surface area contributed by atoms with Crippen molar-refractivity contribution in [3.05, 3.63) is 0 Å². The zero-order valence-electron chi connectivity index (χ0n) is 13.2. The summed E-state index contributed by atoms with van der Waals surface area (Å²) in [5, 5.41) is 9.21. The SMILES string of the molecule is CC(C)(C)OC(=O)N1CCC[C@@]12CN([C@@H](CO)C(N)=O)C2=O. The maximum Gasteiger partial charge on any atom is 0.411 e. The lowest BCUT2D eigenvalue weighted by atomic mass is 9.84.